The van der Waals surface area contributed by atoms with Crippen molar-refractivity contribution in [3.05, 3.63) is 33.9 Å². The van der Waals surface area contributed by atoms with Crippen LogP contribution < -0.4 is 10.2 Å². The Labute approximate surface area is 160 Å². The molecule has 7 nitrogen and oxygen atoms in total. The van der Waals surface area contributed by atoms with E-state index in [1.165, 1.54) is 6.42 Å². The highest BCUT2D eigenvalue weighted by atomic mass is 19.4. The Hall–Kier alpha value is -2.52. The number of nitro benzene ring substituents is 1. The highest BCUT2D eigenvalue weighted by Gasteiger charge is 2.34. The molecule has 0 spiro atoms. The lowest BCUT2D eigenvalue weighted by Gasteiger charge is -2.37. The number of piperazine rings is 1. The van der Waals surface area contributed by atoms with Crippen LogP contribution in [0.5, 0.6) is 0 Å². The molecule has 0 unspecified atom stereocenters. The van der Waals surface area contributed by atoms with Gasteiger partial charge in [0, 0.05) is 38.3 Å². The van der Waals surface area contributed by atoms with E-state index in [1.54, 1.807) is 9.80 Å². The molecular formula is C18H23F3N4O3. The van der Waals surface area contributed by atoms with Crippen molar-refractivity contribution in [2.75, 3.05) is 31.1 Å². The van der Waals surface area contributed by atoms with E-state index in [2.05, 4.69) is 5.32 Å². The standard InChI is InChI=1S/C18H23F3N4O3/c19-18(20,21)13-6-7-15(16(12-13)25(27)28)23-8-10-24(11-9-23)17(26)22-14-4-2-1-3-5-14/h6-7,12,14H,1-5,8-11H2,(H,22,26). The van der Waals surface area contributed by atoms with Crippen molar-refractivity contribution in [2.24, 2.45) is 0 Å². The van der Waals surface area contributed by atoms with Gasteiger partial charge >= 0.3 is 12.2 Å². The number of hydrogen-bond donors (Lipinski definition) is 1. The van der Waals surface area contributed by atoms with Gasteiger partial charge in [-0.3, -0.25) is 10.1 Å². The Balaban J connectivity index is 1.64. The Bertz CT molecular complexity index is 727. The molecule has 28 heavy (non-hydrogen) atoms. The van der Waals surface area contributed by atoms with Crippen molar-refractivity contribution in [1.82, 2.24) is 10.2 Å². The molecule has 0 bridgehead atoms. The van der Waals surface area contributed by atoms with Gasteiger partial charge in [-0.1, -0.05) is 19.3 Å². The van der Waals surface area contributed by atoms with Crippen molar-refractivity contribution in [3.8, 4) is 0 Å². The van der Waals surface area contributed by atoms with Gasteiger partial charge in [0.2, 0.25) is 0 Å². The van der Waals surface area contributed by atoms with Gasteiger partial charge in [0.15, 0.2) is 0 Å². The summed E-state index contributed by atoms with van der Waals surface area (Å²) < 4.78 is 38.6. The van der Waals surface area contributed by atoms with E-state index >= 15 is 0 Å². The molecule has 0 aromatic heterocycles. The van der Waals surface area contributed by atoms with Gasteiger partial charge in [0.25, 0.3) is 5.69 Å². The lowest BCUT2D eigenvalue weighted by atomic mass is 9.96. The summed E-state index contributed by atoms with van der Waals surface area (Å²) in [6, 6.07) is 2.60. The fourth-order valence-corrected chi connectivity index (χ4v) is 3.78. The highest BCUT2D eigenvalue weighted by molar-refractivity contribution is 5.75. The number of urea groups is 1. The minimum absolute atomic E-state index is 0.144. The second kappa shape index (κ2) is 8.24. The molecule has 1 heterocycles. The third kappa shape index (κ3) is 4.66. The van der Waals surface area contributed by atoms with E-state index in [1.807, 2.05) is 0 Å². The van der Waals surface area contributed by atoms with Crippen LogP contribution in [-0.2, 0) is 6.18 Å². The summed E-state index contributed by atoms with van der Waals surface area (Å²) in [5.41, 5.74) is -1.48. The normalized spacial score (nSPS) is 18.8. The van der Waals surface area contributed by atoms with Crippen molar-refractivity contribution >= 4 is 17.4 Å². The molecule has 2 fully saturated rings. The number of nitrogens with zero attached hydrogens (tertiary/aromatic N) is 3. The first-order chi connectivity index (χ1) is 13.3. The molecular weight excluding hydrogens is 377 g/mol. The summed E-state index contributed by atoms with van der Waals surface area (Å²) in [5.74, 6) is 0. The van der Waals surface area contributed by atoms with Crippen LogP contribution >= 0.6 is 0 Å². The lowest BCUT2D eigenvalue weighted by molar-refractivity contribution is -0.384. The van der Waals surface area contributed by atoms with Crippen LogP contribution in [0.15, 0.2) is 18.2 Å². The smallest absolute Gasteiger partial charge is 0.362 e. The molecule has 10 heteroatoms. The second-order valence-electron chi connectivity index (χ2n) is 7.22. The highest BCUT2D eigenvalue weighted by Crippen LogP contribution is 2.36. The summed E-state index contributed by atoms with van der Waals surface area (Å²) >= 11 is 0. The maximum Gasteiger partial charge on any atom is 0.416 e. The zero-order valence-electron chi connectivity index (χ0n) is 15.4. The molecule has 154 valence electrons. The number of carbonyl (C=O) groups is 1. The summed E-state index contributed by atoms with van der Waals surface area (Å²) in [6.45, 7) is 1.36. The SMILES string of the molecule is O=C(NC1CCCCC1)N1CCN(c2ccc(C(F)(F)F)cc2[N+](=O)[O-])CC1. The van der Waals surface area contributed by atoms with Crippen molar-refractivity contribution in [1.29, 1.82) is 0 Å². The Kier molecular flexibility index (Phi) is 5.95. The molecule has 0 radical (unpaired) electrons. The van der Waals surface area contributed by atoms with Crippen LogP contribution in [0, 0.1) is 10.1 Å². The van der Waals surface area contributed by atoms with Crippen molar-refractivity contribution in [2.45, 2.75) is 44.3 Å². The van der Waals surface area contributed by atoms with Gasteiger partial charge in [0.1, 0.15) is 5.69 Å². The van der Waals surface area contributed by atoms with Crippen LogP contribution in [0.2, 0.25) is 0 Å². The molecule has 3 rings (SSSR count). The summed E-state index contributed by atoms with van der Waals surface area (Å²) in [4.78, 5) is 26.2. The topological polar surface area (TPSA) is 78.7 Å². The average molecular weight is 400 g/mol. The van der Waals surface area contributed by atoms with E-state index in [9.17, 15) is 28.1 Å². The second-order valence-corrected chi connectivity index (χ2v) is 7.22. The van der Waals surface area contributed by atoms with E-state index in [-0.39, 0.29) is 17.8 Å². The zero-order valence-corrected chi connectivity index (χ0v) is 15.4. The number of nitrogens with one attached hydrogen (secondary N) is 1. The zero-order chi connectivity index (χ0) is 20.3. The number of benzene rings is 1. The monoisotopic (exact) mass is 400 g/mol. The molecule has 1 aromatic carbocycles. The first-order valence-electron chi connectivity index (χ1n) is 9.42. The van der Waals surface area contributed by atoms with Gasteiger partial charge in [-0.25, -0.2) is 4.79 Å². The molecule has 2 aliphatic rings. The fourth-order valence-electron chi connectivity index (χ4n) is 3.78. The first-order valence-corrected chi connectivity index (χ1v) is 9.42. The maximum absolute atomic E-state index is 12.9. The van der Waals surface area contributed by atoms with Crippen LogP contribution in [-0.4, -0.2) is 48.1 Å². The van der Waals surface area contributed by atoms with Crippen LogP contribution in [0.3, 0.4) is 0 Å². The van der Waals surface area contributed by atoms with Crippen LogP contribution in [0.1, 0.15) is 37.7 Å². The van der Waals surface area contributed by atoms with E-state index in [0.717, 1.165) is 37.8 Å². The minimum Gasteiger partial charge on any atom is -0.362 e. The van der Waals surface area contributed by atoms with Crippen LogP contribution in [0.25, 0.3) is 0 Å². The molecule has 1 aliphatic carbocycles. The molecule has 1 aliphatic heterocycles. The largest absolute Gasteiger partial charge is 0.416 e. The van der Waals surface area contributed by atoms with E-state index in [0.29, 0.717) is 32.2 Å². The van der Waals surface area contributed by atoms with Gasteiger partial charge in [-0.2, -0.15) is 13.2 Å². The fraction of sp³-hybridized carbons (Fsp3) is 0.611. The Morgan fingerprint density at radius 2 is 1.75 bits per heavy atom. The number of rotatable bonds is 3. The summed E-state index contributed by atoms with van der Waals surface area (Å²) in [5, 5.41) is 14.3. The number of anilines is 1. The van der Waals surface area contributed by atoms with Gasteiger partial charge < -0.3 is 15.1 Å². The van der Waals surface area contributed by atoms with Crippen LogP contribution in [0.4, 0.5) is 29.3 Å². The number of hydrogen-bond acceptors (Lipinski definition) is 4. The molecule has 1 N–H and O–H groups in total. The molecule has 2 amide bonds. The lowest BCUT2D eigenvalue weighted by Crippen LogP contribution is -2.53. The van der Waals surface area contributed by atoms with Gasteiger partial charge in [0.05, 0.1) is 10.5 Å². The van der Waals surface area contributed by atoms with Gasteiger partial charge in [-0.05, 0) is 25.0 Å². The molecule has 1 saturated heterocycles. The molecule has 1 saturated carbocycles. The average Bonchev–Trinajstić information content (AvgIpc) is 2.67. The van der Waals surface area contributed by atoms with Crippen molar-refractivity contribution < 1.29 is 22.9 Å². The Morgan fingerprint density at radius 3 is 2.32 bits per heavy atom. The van der Waals surface area contributed by atoms with Crippen molar-refractivity contribution in [3.63, 3.8) is 0 Å². The van der Waals surface area contributed by atoms with E-state index in [4.69, 9.17) is 0 Å². The number of alkyl halides is 3. The van der Waals surface area contributed by atoms with Gasteiger partial charge in [-0.15, -0.1) is 0 Å². The predicted octanol–water partition coefficient (Wildman–Crippen LogP) is 3.78. The number of nitro groups is 1. The third-order valence-electron chi connectivity index (χ3n) is 5.34. The number of amides is 2. The Morgan fingerprint density at radius 1 is 1.11 bits per heavy atom. The quantitative estimate of drug-likeness (QED) is 0.619. The third-order valence-corrected chi connectivity index (χ3v) is 5.34. The summed E-state index contributed by atoms with van der Waals surface area (Å²) in [7, 11) is 0. The summed E-state index contributed by atoms with van der Waals surface area (Å²) in [6.07, 6.45) is 0.718. The number of halogens is 3. The minimum atomic E-state index is -4.64. The number of carbonyl (C=O) groups excluding carboxylic acids is 1. The molecule has 0 atom stereocenters. The van der Waals surface area contributed by atoms with E-state index < -0.39 is 22.4 Å². The first kappa shape index (κ1) is 20.2. The predicted molar refractivity (Wildman–Crippen MR) is 97.3 cm³/mol. The molecule has 1 aromatic rings. The maximum atomic E-state index is 12.9.